The van der Waals surface area contributed by atoms with E-state index in [-0.39, 0.29) is 5.54 Å². The Hall–Kier alpha value is -1.26. The number of carbonyl (C=O) groups is 2. The zero-order valence-electron chi connectivity index (χ0n) is 11.2. The average molecular weight is 244 g/mol. The van der Waals surface area contributed by atoms with Crippen molar-refractivity contribution in [2.45, 2.75) is 65.0 Å². The van der Waals surface area contributed by atoms with Gasteiger partial charge in [-0.05, 0) is 26.7 Å². The Kier molecular flexibility index (Phi) is 6.61. The molecule has 0 spiro atoms. The second kappa shape index (κ2) is 7.14. The summed E-state index contributed by atoms with van der Waals surface area (Å²) in [6.45, 7) is 7.77. The molecule has 0 bridgehead atoms. The number of carboxylic acid groups (broad SMARTS) is 1. The van der Waals surface area contributed by atoms with Crippen molar-refractivity contribution in [2.75, 3.05) is 0 Å². The van der Waals surface area contributed by atoms with E-state index in [1.807, 2.05) is 27.7 Å². The third kappa shape index (κ3) is 6.81. The lowest BCUT2D eigenvalue weighted by atomic mass is 9.99. The lowest BCUT2D eigenvalue weighted by Gasteiger charge is -2.26. The summed E-state index contributed by atoms with van der Waals surface area (Å²) in [7, 11) is 0. The van der Waals surface area contributed by atoms with Crippen molar-refractivity contribution in [1.82, 2.24) is 10.6 Å². The van der Waals surface area contributed by atoms with Crippen LogP contribution in [0.2, 0.25) is 0 Å². The highest BCUT2D eigenvalue weighted by Gasteiger charge is 2.23. The van der Waals surface area contributed by atoms with Crippen LogP contribution in [0, 0.1) is 0 Å². The number of hydrogen-bond donors (Lipinski definition) is 3. The van der Waals surface area contributed by atoms with Gasteiger partial charge in [-0.1, -0.05) is 26.7 Å². The van der Waals surface area contributed by atoms with Crippen molar-refractivity contribution in [3.8, 4) is 0 Å². The number of rotatable bonds is 7. The molecule has 0 fully saturated rings. The van der Waals surface area contributed by atoms with Crippen LogP contribution >= 0.6 is 0 Å². The van der Waals surface area contributed by atoms with E-state index in [1.54, 1.807) is 0 Å². The highest BCUT2D eigenvalue weighted by Crippen LogP contribution is 2.10. The Morgan fingerprint density at radius 3 is 2.24 bits per heavy atom. The van der Waals surface area contributed by atoms with Crippen LogP contribution in [0.3, 0.4) is 0 Å². The number of urea groups is 1. The number of nitrogens with one attached hydrogen (secondary N) is 2. The van der Waals surface area contributed by atoms with Crippen LogP contribution in [0.5, 0.6) is 0 Å². The molecule has 0 aliphatic rings. The highest BCUT2D eigenvalue weighted by atomic mass is 16.4. The zero-order valence-corrected chi connectivity index (χ0v) is 11.2. The quantitative estimate of drug-likeness (QED) is 0.642. The molecule has 0 rings (SSSR count). The predicted octanol–water partition coefficient (Wildman–Crippen LogP) is 2.12. The van der Waals surface area contributed by atoms with Crippen LogP contribution < -0.4 is 10.6 Å². The molecule has 5 nitrogen and oxygen atoms in total. The first-order chi connectivity index (χ1) is 7.82. The maximum absolute atomic E-state index is 11.6. The fourth-order valence-electron chi connectivity index (χ4n) is 1.74. The minimum absolute atomic E-state index is 0.311. The molecule has 5 heteroatoms. The Labute approximate surface area is 103 Å². The van der Waals surface area contributed by atoms with Gasteiger partial charge >= 0.3 is 12.0 Å². The van der Waals surface area contributed by atoms with Crippen LogP contribution in [0.4, 0.5) is 4.79 Å². The molecular weight excluding hydrogens is 220 g/mol. The van der Waals surface area contributed by atoms with Crippen molar-refractivity contribution < 1.29 is 14.7 Å². The molecule has 0 saturated carbocycles. The van der Waals surface area contributed by atoms with E-state index in [0.717, 1.165) is 19.3 Å². The minimum atomic E-state index is -0.990. The largest absolute Gasteiger partial charge is 0.480 e. The van der Waals surface area contributed by atoms with Crippen molar-refractivity contribution in [3.05, 3.63) is 0 Å². The Balaban J connectivity index is 4.27. The number of carboxylic acids is 1. The monoisotopic (exact) mass is 244 g/mol. The van der Waals surface area contributed by atoms with Gasteiger partial charge in [0.25, 0.3) is 0 Å². The Morgan fingerprint density at radius 1 is 1.24 bits per heavy atom. The summed E-state index contributed by atoms with van der Waals surface area (Å²) in [4.78, 5) is 22.5. The third-order valence-corrected chi connectivity index (χ3v) is 2.51. The van der Waals surface area contributed by atoms with E-state index in [2.05, 4.69) is 10.6 Å². The summed E-state index contributed by atoms with van der Waals surface area (Å²) in [5.41, 5.74) is -0.311. The Morgan fingerprint density at radius 2 is 1.82 bits per heavy atom. The summed E-state index contributed by atoms with van der Waals surface area (Å²) in [6.07, 6.45) is 2.98. The molecule has 1 unspecified atom stereocenters. The molecule has 0 aromatic rings. The van der Waals surface area contributed by atoms with Crippen LogP contribution in [0.15, 0.2) is 0 Å². The average Bonchev–Trinajstić information content (AvgIpc) is 2.15. The molecule has 0 aliphatic heterocycles. The number of carbonyl (C=O) groups excluding carboxylic acids is 1. The molecule has 0 saturated heterocycles. The van der Waals surface area contributed by atoms with Gasteiger partial charge in [0, 0.05) is 5.54 Å². The van der Waals surface area contributed by atoms with E-state index in [1.165, 1.54) is 0 Å². The summed E-state index contributed by atoms with van der Waals surface area (Å²) in [5.74, 6) is -0.990. The van der Waals surface area contributed by atoms with Gasteiger partial charge in [0.1, 0.15) is 6.04 Å². The zero-order chi connectivity index (χ0) is 13.5. The molecule has 3 N–H and O–H groups in total. The highest BCUT2D eigenvalue weighted by molar-refractivity contribution is 5.82. The van der Waals surface area contributed by atoms with E-state index >= 15 is 0 Å². The lowest BCUT2D eigenvalue weighted by molar-refractivity contribution is -0.139. The topological polar surface area (TPSA) is 78.4 Å². The van der Waals surface area contributed by atoms with Gasteiger partial charge in [0.05, 0.1) is 0 Å². The number of aliphatic carboxylic acids is 1. The molecule has 1 atom stereocenters. The first kappa shape index (κ1) is 15.7. The molecule has 0 radical (unpaired) electrons. The molecule has 0 aliphatic carbocycles. The number of hydrogen-bond acceptors (Lipinski definition) is 2. The van der Waals surface area contributed by atoms with E-state index in [0.29, 0.717) is 6.42 Å². The molecular formula is C12H24N2O3. The van der Waals surface area contributed by atoms with E-state index in [4.69, 9.17) is 5.11 Å². The van der Waals surface area contributed by atoms with Gasteiger partial charge in [0.15, 0.2) is 0 Å². The molecule has 100 valence electrons. The predicted molar refractivity (Wildman–Crippen MR) is 67.0 cm³/mol. The normalized spacial score (nSPS) is 12.9. The van der Waals surface area contributed by atoms with Gasteiger partial charge < -0.3 is 15.7 Å². The van der Waals surface area contributed by atoms with Crippen molar-refractivity contribution >= 4 is 12.0 Å². The standard InChI is InChI=1S/C12H24N2O3/c1-5-7-9(10(15)16)13-11(17)14-12(3,4)8-6-2/h9H,5-8H2,1-4H3,(H,15,16)(H2,13,14,17). The van der Waals surface area contributed by atoms with Gasteiger partial charge in [-0.2, -0.15) is 0 Å². The molecule has 0 heterocycles. The second-order valence-electron chi connectivity index (χ2n) is 4.91. The lowest BCUT2D eigenvalue weighted by Crippen LogP contribution is -2.52. The number of amides is 2. The molecule has 2 amide bonds. The first-order valence-electron chi connectivity index (χ1n) is 6.14. The van der Waals surface area contributed by atoms with Crippen LogP contribution in [0.25, 0.3) is 0 Å². The second-order valence-corrected chi connectivity index (χ2v) is 4.91. The fraction of sp³-hybridized carbons (Fsp3) is 0.833. The maximum atomic E-state index is 11.6. The maximum Gasteiger partial charge on any atom is 0.326 e. The van der Waals surface area contributed by atoms with Gasteiger partial charge in [-0.3, -0.25) is 0 Å². The van der Waals surface area contributed by atoms with Crippen LogP contribution in [0.1, 0.15) is 53.4 Å². The van der Waals surface area contributed by atoms with E-state index in [9.17, 15) is 9.59 Å². The summed E-state index contributed by atoms with van der Waals surface area (Å²) >= 11 is 0. The van der Waals surface area contributed by atoms with Gasteiger partial charge in [-0.25, -0.2) is 9.59 Å². The van der Waals surface area contributed by atoms with Crippen LogP contribution in [-0.4, -0.2) is 28.7 Å². The van der Waals surface area contributed by atoms with E-state index < -0.39 is 18.0 Å². The third-order valence-electron chi connectivity index (χ3n) is 2.51. The molecule has 0 aromatic carbocycles. The first-order valence-corrected chi connectivity index (χ1v) is 6.14. The summed E-state index contributed by atoms with van der Waals surface area (Å²) in [6, 6.07) is -1.22. The summed E-state index contributed by atoms with van der Waals surface area (Å²) in [5, 5.41) is 14.2. The Bertz CT molecular complexity index is 264. The smallest absolute Gasteiger partial charge is 0.326 e. The van der Waals surface area contributed by atoms with Crippen LogP contribution in [-0.2, 0) is 4.79 Å². The van der Waals surface area contributed by atoms with Gasteiger partial charge in [-0.15, -0.1) is 0 Å². The van der Waals surface area contributed by atoms with Crippen molar-refractivity contribution in [3.63, 3.8) is 0 Å². The van der Waals surface area contributed by atoms with Crippen molar-refractivity contribution in [1.29, 1.82) is 0 Å². The fourth-order valence-corrected chi connectivity index (χ4v) is 1.74. The molecule has 17 heavy (non-hydrogen) atoms. The SMILES string of the molecule is CCCC(NC(=O)NC(C)(C)CCC)C(=O)O. The summed E-state index contributed by atoms with van der Waals surface area (Å²) < 4.78 is 0. The van der Waals surface area contributed by atoms with Gasteiger partial charge in [0.2, 0.25) is 0 Å². The molecule has 0 aromatic heterocycles. The minimum Gasteiger partial charge on any atom is -0.480 e. The van der Waals surface area contributed by atoms with Crippen molar-refractivity contribution in [2.24, 2.45) is 0 Å².